The molecule has 13 nitrogen and oxygen atoms in total. The second-order valence-corrected chi connectivity index (χ2v) is 11.3. The summed E-state index contributed by atoms with van der Waals surface area (Å²) in [5, 5.41) is 25.1. The lowest BCUT2D eigenvalue weighted by Gasteiger charge is -2.28. The number of halogens is 1. The molecule has 0 radical (unpaired) electrons. The first kappa shape index (κ1) is 34.2. The van der Waals surface area contributed by atoms with Gasteiger partial charge >= 0.3 is 5.69 Å². The summed E-state index contributed by atoms with van der Waals surface area (Å²) in [5.74, 6) is 0.212. The minimum Gasteiger partial charge on any atom is -0.394 e. The Morgan fingerprint density at radius 3 is 2.48 bits per heavy atom. The molecule has 1 aromatic rings. The van der Waals surface area contributed by atoms with Crippen molar-refractivity contribution in [3.63, 3.8) is 0 Å². The minimum atomic E-state index is -0.941. The van der Waals surface area contributed by atoms with E-state index in [2.05, 4.69) is 15.6 Å². The summed E-state index contributed by atoms with van der Waals surface area (Å²) in [6, 6.07) is 0. The van der Waals surface area contributed by atoms with Gasteiger partial charge in [-0.15, -0.1) is 11.6 Å². The van der Waals surface area contributed by atoms with Crippen molar-refractivity contribution in [1.29, 1.82) is 0 Å². The maximum Gasteiger partial charge on any atom is 0.351 e. The van der Waals surface area contributed by atoms with Crippen LogP contribution in [0.4, 0.5) is 5.82 Å². The number of nitrogens with two attached hydrogens (primary N) is 1. The van der Waals surface area contributed by atoms with Crippen molar-refractivity contribution in [3.05, 3.63) is 22.2 Å². The Kier molecular flexibility index (Phi) is 15.0. The fraction of sp³-hybridized carbons (Fsp3) is 0.786. The predicted octanol–water partition coefficient (Wildman–Crippen LogP) is 0.951. The molecule has 3 atom stereocenters. The number of carbonyl (C=O) groups is 2. The standard InChI is InChI=1S/C28H46ClN5O8/c29-9-3-1-2-4-11-40-13-14-41-12-10-31-26(37)20-7-5-19(6-8-20)16-32-27(38)21-17-34(28(39)33-25(21)30)24-15-22(36)23(18-35)42-24/h17,19-20,22-24,35-36H,1-16,18H2,(H,31,37)(H,32,38)(H2,30,33,39)/t19?,20?,22?,23-,24-/m1/s1. The maximum absolute atomic E-state index is 12.9. The molecule has 0 bridgehead atoms. The monoisotopic (exact) mass is 615 g/mol. The molecule has 1 saturated heterocycles. The van der Waals surface area contributed by atoms with Crippen LogP contribution in [0.2, 0.25) is 0 Å². The van der Waals surface area contributed by atoms with E-state index in [4.69, 9.17) is 31.5 Å². The van der Waals surface area contributed by atoms with Gasteiger partial charge in [0.2, 0.25) is 5.91 Å². The molecular formula is C28H46ClN5O8. The summed E-state index contributed by atoms with van der Waals surface area (Å²) in [5.41, 5.74) is 5.17. The molecule has 2 amide bonds. The van der Waals surface area contributed by atoms with Crippen LogP contribution in [0.3, 0.4) is 0 Å². The Balaban J connectivity index is 1.30. The SMILES string of the molecule is Nc1nc(=O)n([C@H]2CC(O)[C@@H](CO)O2)cc1C(=O)NCC1CCC(C(=O)NCCOCCOCCCCCCCl)CC1. The van der Waals surface area contributed by atoms with Crippen LogP contribution in [0.25, 0.3) is 0 Å². The second-order valence-electron chi connectivity index (χ2n) is 10.9. The second kappa shape index (κ2) is 18.4. The van der Waals surface area contributed by atoms with Crippen LogP contribution in [0.15, 0.2) is 11.0 Å². The maximum atomic E-state index is 12.9. The first-order chi connectivity index (χ1) is 20.3. The topological polar surface area (TPSA) is 187 Å². The normalized spacial score (nSPS) is 24.0. The van der Waals surface area contributed by atoms with Crippen LogP contribution >= 0.6 is 11.6 Å². The molecule has 2 aliphatic rings. The van der Waals surface area contributed by atoms with Crippen molar-refractivity contribution in [2.75, 3.05) is 57.7 Å². The summed E-state index contributed by atoms with van der Waals surface area (Å²) in [6.45, 7) is 2.67. The number of ether oxygens (including phenoxy) is 3. The van der Waals surface area contributed by atoms with E-state index in [0.29, 0.717) is 38.8 Å². The lowest BCUT2D eigenvalue weighted by Crippen LogP contribution is -2.38. The van der Waals surface area contributed by atoms with Crippen molar-refractivity contribution in [3.8, 4) is 0 Å². The van der Waals surface area contributed by atoms with Gasteiger partial charge in [-0.1, -0.05) is 12.8 Å². The van der Waals surface area contributed by atoms with Crippen LogP contribution in [-0.2, 0) is 19.0 Å². The summed E-state index contributed by atoms with van der Waals surface area (Å²) in [6.07, 6.45) is 6.11. The van der Waals surface area contributed by atoms with Crippen molar-refractivity contribution in [1.82, 2.24) is 20.2 Å². The van der Waals surface area contributed by atoms with Gasteiger partial charge in [0.25, 0.3) is 5.91 Å². The number of nitrogens with one attached hydrogen (secondary N) is 2. The number of aliphatic hydroxyl groups excluding tert-OH is 2. The Labute approximate surface area is 251 Å². The Morgan fingerprint density at radius 2 is 1.79 bits per heavy atom. The van der Waals surface area contributed by atoms with E-state index in [1.807, 2.05) is 0 Å². The zero-order valence-electron chi connectivity index (χ0n) is 24.2. The molecule has 1 unspecified atom stereocenters. The van der Waals surface area contributed by atoms with Crippen LogP contribution in [-0.4, -0.2) is 95.8 Å². The minimum absolute atomic E-state index is 0.0260. The van der Waals surface area contributed by atoms with Gasteiger partial charge in [0.1, 0.15) is 18.1 Å². The fourth-order valence-electron chi connectivity index (χ4n) is 5.24. The van der Waals surface area contributed by atoms with Gasteiger partial charge in [-0.25, -0.2) is 4.79 Å². The van der Waals surface area contributed by atoms with Crippen molar-refractivity contribution in [2.24, 2.45) is 11.8 Å². The summed E-state index contributed by atoms with van der Waals surface area (Å²) in [7, 11) is 0. The average Bonchev–Trinajstić information content (AvgIpc) is 3.36. The number of nitrogen functional groups attached to an aromatic ring is 1. The first-order valence-electron chi connectivity index (χ1n) is 14.9. The number of anilines is 1. The van der Waals surface area contributed by atoms with Crippen molar-refractivity contribution in [2.45, 2.75) is 76.2 Å². The van der Waals surface area contributed by atoms with E-state index in [-0.39, 0.29) is 35.5 Å². The van der Waals surface area contributed by atoms with Gasteiger partial charge < -0.3 is 40.8 Å². The van der Waals surface area contributed by atoms with E-state index < -0.39 is 36.6 Å². The molecule has 1 saturated carbocycles. The van der Waals surface area contributed by atoms with E-state index in [1.165, 1.54) is 6.20 Å². The summed E-state index contributed by atoms with van der Waals surface area (Å²) < 4.78 is 17.7. The number of aliphatic hydroxyl groups is 2. The number of carbonyl (C=O) groups excluding carboxylic acids is 2. The molecule has 0 spiro atoms. The van der Waals surface area contributed by atoms with Gasteiger partial charge in [-0.2, -0.15) is 4.98 Å². The largest absolute Gasteiger partial charge is 0.394 e. The Morgan fingerprint density at radius 1 is 1.07 bits per heavy atom. The number of hydrogen-bond acceptors (Lipinski definition) is 10. The molecular weight excluding hydrogens is 570 g/mol. The van der Waals surface area contributed by atoms with E-state index in [1.54, 1.807) is 0 Å². The molecule has 1 aliphatic heterocycles. The molecule has 1 aliphatic carbocycles. The third kappa shape index (κ3) is 10.8. The number of unbranched alkanes of at least 4 members (excludes halogenated alkanes) is 3. The van der Waals surface area contributed by atoms with E-state index in [0.717, 1.165) is 62.5 Å². The number of aromatic nitrogens is 2. The van der Waals surface area contributed by atoms with Crippen LogP contribution in [0.5, 0.6) is 0 Å². The number of rotatable bonds is 18. The zero-order valence-corrected chi connectivity index (χ0v) is 24.9. The molecule has 3 rings (SSSR count). The highest BCUT2D eigenvalue weighted by Crippen LogP contribution is 2.29. The Hall–Kier alpha value is -2.29. The molecule has 0 aromatic carbocycles. The van der Waals surface area contributed by atoms with Crippen molar-refractivity contribution >= 4 is 29.2 Å². The number of alkyl halides is 1. The van der Waals surface area contributed by atoms with Gasteiger partial charge in [-0.3, -0.25) is 14.2 Å². The van der Waals surface area contributed by atoms with E-state index >= 15 is 0 Å². The van der Waals surface area contributed by atoms with Crippen LogP contribution in [0, 0.1) is 11.8 Å². The zero-order chi connectivity index (χ0) is 30.3. The molecule has 2 fully saturated rings. The summed E-state index contributed by atoms with van der Waals surface area (Å²) >= 11 is 5.66. The Bertz CT molecular complexity index is 1040. The van der Waals surface area contributed by atoms with Gasteiger partial charge in [0, 0.05) is 44.1 Å². The van der Waals surface area contributed by atoms with Gasteiger partial charge in [0.05, 0.1) is 38.1 Å². The smallest absolute Gasteiger partial charge is 0.351 e. The number of hydrogen-bond donors (Lipinski definition) is 5. The molecule has 238 valence electrons. The predicted molar refractivity (Wildman–Crippen MR) is 156 cm³/mol. The highest BCUT2D eigenvalue weighted by molar-refractivity contribution is 6.17. The number of amides is 2. The molecule has 14 heteroatoms. The average molecular weight is 616 g/mol. The lowest BCUT2D eigenvalue weighted by molar-refractivity contribution is -0.126. The van der Waals surface area contributed by atoms with Crippen LogP contribution < -0.4 is 22.1 Å². The number of nitrogens with zero attached hydrogens (tertiary/aromatic N) is 2. The third-order valence-corrected chi connectivity index (χ3v) is 8.05. The third-order valence-electron chi connectivity index (χ3n) is 7.78. The molecule has 6 N–H and O–H groups in total. The fourth-order valence-corrected chi connectivity index (χ4v) is 5.43. The quantitative estimate of drug-likeness (QED) is 0.117. The first-order valence-corrected chi connectivity index (χ1v) is 15.5. The molecule has 1 aromatic heterocycles. The lowest BCUT2D eigenvalue weighted by atomic mass is 9.81. The highest BCUT2D eigenvalue weighted by Gasteiger charge is 2.35. The summed E-state index contributed by atoms with van der Waals surface area (Å²) in [4.78, 5) is 41.5. The van der Waals surface area contributed by atoms with Gasteiger partial charge in [-0.05, 0) is 44.4 Å². The van der Waals surface area contributed by atoms with Crippen molar-refractivity contribution < 1.29 is 34.0 Å². The molecule has 42 heavy (non-hydrogen) atoms. The molecule has 2 heterocycles. The van der Waals surface area contributed by atoms with Crippen LogP contribution in [0.1, 0.15) is 74.4 Å². The van der Waals surface area contributed by atoms with Gasteiger partial charge in [0.15, 0.2) is 0 Å². The highest BCUT2D eigenvalue weighted by atomic mass is 35.5. The van der Waals surface area contributed by atoms with E-state index in [9.17, 15) is 24.6 Å².